The van der Waals surface area contributed by atoms with Crippen molar-refractivity contribution in [3.8, 4) is 5.75 Å². The molecule has 0 saturated heterocycles. The molecular formula is C20H28O5. The molecule has 5 heteroatoms. The number of carbonyl (C=O) groups is 2. The highest BCUT2D eigenvalue weighted by Gasteiger charge is 2.20. The molecule has 1 atom stereocenters. The lowest BCUT2D eigenvalue weighted by atomic mass is 10.0. The Morgan fingerprint density at radius 3 is 2.36 bits per heavy atom. The first-order chi connectivity index (χ1) is 12.0. The number of aliphatic carboxylic acids is 1. The van der Waals surface area contributed by atoms with Gasteiger partial charge in [0, 0.05) is 0 Å². The number of hydrogen-bond donors (Lipinski definition) is 1. The Kier molecular flexibility index (Phi) is 9.37. The van der Waals surface area contributed by atoms with E-state index in [-0.39, 0.29) is 18.1 Å². The van der Waals surface area contributed by atoms with Crippen molar-refractivity contribution in [1.82, 2.24) is 0 Å². The number of esters is 1. The summed E-state index contributed by atoms with van der Waals surface area (Å²) in [5.74, 6) is -1.12. The molecule has 0 aromatic heterocycles. The Hall–Kier alpha value is -2.30. The van der Waals surface area contributed by atoms with Gasteiger partial charge < -0.3 is 14.6 Å². The van der Waals surface area contributed by atoms with Crippen LogP contribution in [0.25, 0.3) is 6.08 Å². The van der Waals surface area contributed by atoms with E-state index in [0.717, 1.165) is 25.7 Å². The molecular weight excluding hydrogens is 320 g/mol. The predicted octanol–water partition coefficient (Wildman–Crippen LogP) is 4.31. The summed E-state index contributed by atoms with van der Waals surface area (Å²) >= 11 is 0. The molecule has 1 N–H and O–H groups in total. The van der Waals surface area contributed by atoms with Crippen molar-refractivity contribution < 1.29 is 24.2 Å². The minimum absolute atomic E-state index is 0.253. The molecule has 0 aliphatic rings. The molecule has 0 saturated carbocycles. The van der Waals surface area contributed by atoms with Gasteiger partial charge in [-0.2, -0.15) is 0 Å². The van der Waals surface area contributed by atoms with Crippen LogP contribution >= 0.6 is 0 Å². The van der Waals surface area contributed by atoms with E-state index in [1.54, 1.807) is 24.3 Å². The lowest BCUT2D eigenvalue weighted by molar-refractivity contribution is -0.145. The maximum atomic E-state index is 12.2. The molecule has 1 rings (SSSR count). The standard InChI is InChI=1S/C20H28O5/c1-4-7-8-15(5-2)14-25-20(23)18(19(21)22)13-16-9-11-17(12-10-16)24-6-3/h9-13,15H,4-8,14H2,1-3H3,(H,21,22). The Labute approximate surface area is 149 Å². The first-order valence-electron chi connectivity index (χ1n) is 8.86. The van der Waals surface area contributed by atoms with Gasteiger partial charge in [-0.1, -0.05) is 45.2 Å². The van der Waals surface area contributed by atoms with Crippen LogP contribution in [-0.2, 0) is 14.3 Å². The number of carbonyl (C=O) groups excluding carboxylic acids is 1. The molecule has 0 spiro atoms. The number of rotatable bonds is 11. The first-order valence-corrected chi connectivity index (χ1v) is 8.86. The van der Waals surface area contributed by atoms with Crippen molar-refractivity contribution in [1.29, 1.82) is 0 Å². The van der Waals surface area contributed by atoms with Gasteiger partial charge in [-0.25, -0.2) is 9.59 Å². The molecule has 0 aliphatic heterocycles. The summed E-state index contributed by atoms with van der Waals surface area (Å²) in [6.07, 6.45) is 5.36. The summed E-state index contributed by atoms with van der Waals surface area (Å²) in [6.45, 7) is 6.85. The lowest BCUT2D eigenvalue weighted by Crippen LogP contribution is -2.19. The molecule has 0 amide bonds. The molecule has 0 fully saturated rings. The molecule has 1 aromatic carbocycles. The normalized spacial score (nSPS) is 12.5. The summed E-state index contributed by atoms with van der Waals surface area (Å²) in [5.41, 5.74) is 0.241. The zero-order valence-electron chi connectivity index (χ0n) is 15.3. The lowest BCUT2D eigenvalue weighted by Gasteiger charge is -2.14. The Morgan fingerprint density at radius 1 is 1.16 bits per heavy atom. The topological polar surface area (TPSA) is 72.8 Å². The molecule has 1 unspecified atom stereocenters. The number of unbranched alkanes of at least 4 members (excludes halogenated alkanes) is 1. The molecule has 25 heavy (non-hydrogen) atoms. The SMILES string of the molecule is CCCCC(CC)COC(=O)C(=Cc1ccc(OCC)cc1)C(=O)O. The van der Waals surface area contributed by atoms with E-state index in [4.69, 9.17) is 9.47 Å². The number of ether oxygens (including phenoxy) is 2. The van der Waals surface area contributed by atoms with E-state index in [0.29, 0.717) is 17.9 Å². The van der Waals surface area contributed by atoms with Crippen molar-refractivity contribution in [3.63, 3.8) is 0 Å². The molecule has 0 radical (unpaired) electrons. The third kappa shape index (κ3) is 7.42. The van der Waals surface area contributed by atoms with Crippen LogP contribution in [0, 0.1) is 5.92 Å². The number of carboxylic acids is 1. The second kappa shape index (κ2) is 11.3. The molecule has 0 heterocycles. The highest BCUT2D eigenvalue weighted by molar-refractivity contribution is 6.17. The zero-order chi connectivity index (χ0) is 18.7. The highest BCUT2D eigenvalue weighted by atomic mass is 16.5. The van der Waals surface area contributed by atoms with E-state index in [1.165, 1.54) is 6.08 Å². The first kappa shape index (κ1) is 20.7. The molecule has 0 bridgehead atoms. The van der Waals surface area contributed by atoms with E-state index >= 15 is 0 Å². The largest absolute Gasteiger partial charge is 0.494 e. The quantitative estimate of drug-likeness (QED) is 0.279. The Balaban J connectivity index is 2.77. The van der Waals surface area contributed by atoms with E-state index in [9.17, 15) is 14.7 Å². The fraction of sp³-hybridized carbons (Fsp3) is 0.500. The van der Waals surface area contributed by atoms with Crippen LogP contribution < -0.4 is 4.74 Å². The third-order valence-corrected chi connectivity index (χ3v) is 3.95. The second-order valence-corrected chi connectivity index (χ2v) is 5.88. The fourth-order valence-electron chi connectivity index (χ4n) is 2.37. The third-order valence-electron chi connectivity index (χ3n) is 3.95. The van der Waals surface area contributed by atoms with Gasteiger partial charge in [0.1, 0.15) is 11.3 Å². The van der Waals surface area contributed by atoms with E-state index in [2.05, 4.69) is 6.92 Å². The fourth-order valence-corrected chi connectivity index (χ4v) is 2.37. The summed E-state index contributed by atoms with van der Waals surface area (Å²) in [4.78, 5) is 23.6. The summed E-state index contributed by atoms with van der Waals surface area (Å²) in [5, 5.41) is 9.31. The van der Waals surface area contributed by atoms with Crippen LogP contribution in [0.1, 0.15) is 52.0 Å². The maximum absolute atomic E-state index is 12.2. The zero-order valence-corrected chi connectivity index (χ0v) is 15.3. The van der Waals surface area contributed by atoms with Crippen LogP contribution in [0.15, 0.2) is 29.8 Å². The van der Waals surface area contributed by atoms with Gasteiger partial charge in [0.05, 0.1) is 13.2 Å². The Bertz CT molecular complexity index is 574. The summed E-state index contributed by atoms with van der Waals surface area (Å²) in [6, 6.07) is 6.88. The van der Waals surface area contributed by atoms with E-state index < -0.39 is 11.9 Å². The van der Waals surface area contributed by atoms with Crippen LogP contribution in [0.2, 0.25) is 0 Å². The van der Waals surface area contributed by atoms with Crippen molar-refractivity contribution >= 4 is 18.0 Å². The van der Waals surface area contributed by atoms with Crippen LogP contribution in [0.4, 0.5) is 0 Å². The van der Waals surface area contributed by atoms with Gasteiger partial charge in [-0.3, -0.25) is 0 Å². The number of benzene rings is 1. The summed E-state index contributed by atoms with van der Waals surface area (Å²) < 4.78 is 10.6. The molecule has 138 valence electrons. The average Bonchev–Trinajstić information content (AvgIpc) is 2.61. The molecule has 1 aromatic rings. The van der Waals surface area contributed by atoms with Crippen LogP contribution in [0.5, 0.6) is 5.75 Å². The van der Waals surface area contributed by atoms with Crippen molar-refractivity contribution in [2.75, 3.05) is 13.2 Å². The summed E-state index contributed by atoms with van der Waals surface area (Å²) in [7, 11) is 0. The minimum atomic E-state index is -1.29. The van der Waals surface area contributed by atoms with Gasteiger partial charge in [-0.05, 0) is 43.0 Å². The van der Waals surface area contributed by atoms with Crippen molar-refractivity contribution in [3.05, 3.63) is 35.4 Å². The van der Waals surface area contributed by atoms with Crippen LogP contribution in [-0.4, -0.2) is 30.3 Å². The predicted molar refractivity (Wildman–Crippen MR) is 97.5 cm³/mol. The maximum Gasteiger partial charge on any atom is 0.345 e. The van der Waals surface area contributed by atoms with Crippen molar-refractivity contribution in [2.45, 2.75) is 46.5 Å². The van der Waals surface area contributed by atoms with Gasteiger partial charge in [0.15, 0.2) is 0 Å². The van der Waals surface area contributed by atoms with Gasteiger partial charge in [0.25, 0.3) is 0 Å². The Morgan fingerprint density at radius 2 is 1.84 bits per heavy atom. The molecule has 0 aliphatic carbocycles. The van der Waals surface area contributed by atoms with Gasteiger partial charge in [0.2, 0.25) is 0 Å². The van der Waals surface area contributed by atoms with Crippen LogP contribution in [0.3, 0.4) is 0 Å². The monoisotopic (exact) mass is 348 g/mol. The van der Waals surface area contributed by atoms with Crippen molar-refractivity contribution in [2.24, 2.45) is 5.92 Å². The van der Waals surface area contributed by atoms with E-state index in [1.807, 2.05) is 13.8 Å². The van der Waals surface area contributed by atoms with Gasteiger partial charge in [-0.15, -0.1) is 0 Å². The van der Waals surface area contributed by atoms with Gasteiger partial charge >= 0.3 is 11.9 Å². The average molecular weight is 348 g/mol. The number of carboxylic acid groups (broad SMARTS) is 1. The smallest absolute Gasteiger partial charge is 0.345 e. The second-order valence-electron chi connectivity index (χ2n) is 5.88. The molecule has 5 nitrogen and oxygen atoms in total. The highest BCUT2D eigenvalue weighted by Crippen LogP contribution is 2.17. The number of hydrogen-bond acceptors (Lipinski definition) is 4. The minimum Gasteiger partial charge on any atom is -0.494 e.